The number of benzene rings is 2. The molecule has 2 rings (SSSR count). The Hall–Kier alpha value is -1.60. The van der Waals surface area contributed by atoms with E-state index in [1.807, 2.05) is 48.5 Å². The molecule has 0 atom stereocenters. The lowest BCUT2D eigenvalue weighted by molar-refractivity contribution is 0.101. The van der Waals surface area contributed by atoms with E-state index in [1.165, 1.54) is 0 Å². The quantitative estimate of drug-likeness (QED) is 0.742. The molecule has 0 unspecified atom stereocenters. The zero-order chi connectivity index (χ0) is 12.3. The molecule has 0 bridgehead atoms. The molecule has 0 saturated heterocycles. The normalized spacial score (nSPS) is 10.2. The maximum Gasteiger partial charge on any atom is 0.159 e. The summed E-state index contributed by atoms with van der Waals surface area (Å²) < 4.78 is 0. The van der Waals surface area contributed by atoms with Gasteiger partial charge in [0.1, 0.15) is 0 Å². The van der Waals surface area contributed by atoms with Crippen molar-refractivity contribution >= 4 is 17.4 Å². The molecule has 2 aromatic rings. The molecule has 2 aromatic carbocycles. The molecular formula is C15H13ClO. The number of rotatable bonds is 3. The number of carbonyl (C=O) groups is 1. The van der Waals surface area contributed by atoms with Crippen LogP contribution in [0.4, 0.5) is 0 Å². The third kappa shape index (κ3) is 2.95. The average molecular weight is 245 g/mol. The van der Waals surface area contributed by atoms with Crippen molar-refractivity contribution in [3.05, 3.63) is 70.2 Å². The highest BCUT2D eigenvalue weighted by Gasteiger charge is 2.03. The third-order valence-electron chi connectivity index (χ3n) is 2.69. The maximum atomic E-state index is 11.3. The van der Waals surface area contributed by atoms with E-state index in [9.17, 15) is 4.79 Å². The van der Waals surface area contributed by atoms with Crippen molar-refractivity contribution in [2.45, 2.75) is 13.3 Å². The number of hydrogen-bond donors (Lipinski definition) is 0. The van der Waals surface area contributed by atoms with Gasteiger partial charge in [0.2, 0.25) is 0 Å². The molecule has 0 saturated carbocycles. The SMILES string of the molecule is CC(=O)c1cccc(Cc2ccccc2Cl)c1. The van der Waals surface area contributed by atoms with Gasteiger partial charge in [0.15, 0.2) is 5.78 Å². The van der Waals surface area contributed by atoms with Crippen LogP contribution in [0.3, 0.4) is 0 Å². The summed E-state index contributed by atoms with van der Waals surface area (Å²) >= 11 is 6.11. The molecule has 0 heterocycles. The second kappa shape index (κ2) is 5.15. The van der Waals surface area contributed by atoms with Gasteiger partial charge in [0.25, 0.3) is 0 Å². The first kappa shape index (κ1) is 11.9. The number of hydrogen-bond acceptors (Lipinski definition) is 1. The van der Waals surface area contributed by atoms with Crippen molar-refractivity contribution < 1.29 is 4.79 Å². The minimum absolute atomic E-state index is 0.0889. The van der Waals surface area contributed by atoms with Crippen LogP contribution in [-0.4, -0.2) is 5.78 Å². The van der Waals surface area contributed by atoms with Crippen molar-refractivity contribution in [2.75, 3.05) is 0 Å². The summed E-state index contributed by atoms with van der Waals surface area (Å²) in [6, 6.07) is 15.4. The first-order chi connectivity index (χ1) is 8.16. The number of ketones is 1. The average Bonchev–Trinajstić information content (AvgIpc) is 2.32. The van der Waals surface area contributed by atoms with Gasteiger partial charge in [-0.05, 0) is 36.6 Å². The van der Waals surface area contributed by atoms with Gasteiger partial charge in [0.05, 0.1) is 0 Å². The van der Waals surface area contributed by atoms with Crippen LogP contribution in [0.15, 0.2) is 48.5 Å². The Balaban J connectivity index is 2.28. The first-order valence-electron chi connectivity index (χ1n) is 5.50. The van der Waals surface area contributed by atoms with Crippen molar-refractivity contribution in [1.29, 1.82) is 0 Å². The summed E-state index contributed by atoms with van der Waals surface area (Å²) in [5, 5.41) is 0.765. The number of halogens is 1. The fourth-order valence-electron chi connectivity index (χ4n) is 1.76. The summed E-state index contributed by atoms with van der Waals surface area (Å²) in [5.41, 5.74) is 2.93. The van der Waals surface area contributed by atoms with Gasteiger partial charge < -0.3 is 0 Å². The van der Waals surface area contributed by atoms with Crippen LogP contribution < -0.4 is 0 Å². The van der Waals surface area contributed by atoms with E-state index in [1.54, 1.807) is 6.92 Å². The summed E-state index contributed by atoms with van der Waals surface area (Å²) in [6.45, 7) is 1.58. The van der Waals surface area contributed by atoms with E-state index >= 15 is 0 Å². The summed E-state index contributed by atoms with van der Waals surface area (Å²) in [6.07, 6.45) is 0.751. The number of Topliss-reactive ketones (excluding diaryl/α,β-unsaturated/α-hetero) is 1. The molecule has 0 radical (unpaired) electrons. The lowest BCUT2D eigenvalue weighted by Crippen LogP contribution is -1.95. The van der Waals surface area contributed by atoms with E-state index in [2.05, 4.69) is 0 Å². The molecule has 0 aromatic heterocycles. The maximum absolute atomic E-state index is 11.3. The predicted octanol–water partition coefficient (Wildman–Crippen LogP) is 4.13. The minimum atomic E-state index is 0.0889. The molecular weight excluding hydrogens is 232 g/mol. The molecule has 2 heteroatoms. The summed E-state index contributed by atoms with van der Waals surface area (Å²) in [5.74, 6) is 0.0889. The highest BCUT2D eigenvalue weighted by atomic mass is 35.5. The molecule has 1 nitrogen and oxygen atoms in total. The molecule has 0 aliphatic heterocycles. The molecule has 0 aliphatic carbocycles. The van der Waals surface area contributed by atoms with Crippen LogP contribution in [0.25, 0.3) is 0 Å². The molecule has 0 aliphatic rings. The second-order valence-electron chi connectivity index (χ2n) is 4.02. The van der Waals surface area contributed by atoms with Crippen LogP contribution >= 0.6 is 11.6 Å². The molecule has 0 N–H and O–H groups in total. The zero-order valence-corrected chi connectivity index (χ0v) is 10.4. The lowest BCUT2D eigenvalue weighted by Gasteiger charge is -2.05. The smallest absolute Gasteiger partial charge is 0.159 e. The van der Waals surface area contributed by atoms with Gasteiger partial charge in [-0.25, -0.2) is 0 Å². The van der Waals surface area contributed by atoms with Gasteiger partial charge in [0, 0.05) is 10.6 Å². The van der Waals surface area contributed by atoms with Crippen molar-refractivity contribution in [3.8, 4) is 0 Å². The van der Waals surface area contributed by atoms with Crippen LogP contribution in [0.1, 0.15) is 28.4 Å². The van der Waals surface area contributed by atoms with Gasteiger partial charge in [-0.15, -0.1) is 0 Å². The Morgan fingerprint density at radius 1 is 1.12 bits per heavy atom. The predicted molar refractivity (Wildman–Crippen MR) is 70.7 cm³/mol. The Morgan fingerprint density at radius 2 is 1.88 bits per heavy atom. The molecule has 17 heavy (non-hydrogen) atoms. The van der Waals surface area contributed by atoms with Crippen LogP contribution in [0, 0.1) is 0 Å². The van der Waals surface area contributed by atoms with Crippen molar-refractivity contribution in [1.82, 2.24) is 0 Å². The van der Waals surface area contributed by atoms with Gasteiger partial charge >= 0.3 is 0 Å². The van der Waals surface area contributed by atoms with E-state index in [0.717, 1.165) is 28.1 Å². The van der Waals surface area contributed by atoms with Crippen LogP contribution in [-0.2, 0) is 6.42 Å². The Morgan fingerprint density at radius 3 is 2.59 bits per heavy atom. The standard InChI is InChI=1S/C15H13ClO/c1-11(17)13-7-4-5-12(9-13)10-14-6-2-3-8-15(14)16/h2-9H,10H2,1H3. The van der Waals surface area contributed by atoms with E-state index in [0.29, 0.717) is 0 Å². The third-order valence-corrected chi connectivity index (χ3v) is 3.05. The zero-order valence-electron chi connectivity index (χ0n) is 9.61. The largest absolute Gasteiger partial charge is 0.295 e. The first-order valence-corrected chi connectivity index (χ1v) is 5.88. The minimum Gasteiger partial charge on any atom is -0.295 e. The van der Waals surface area contributed by atoms with E-state index in [4.69, 9.17) is 11.6 Å². The number of carbonyl (C=O) groups excluding carboxylic acids is 1. The van der Waals surface area contributed by atoms with Gasteiger partial charge in [-0.2, -0.15) is 0 Å². The Kier molecular flexibility index (Phi) is 3.60. The van der Waals surface area contributed by atoms with E-state index < -0.39 is 0 Å². The summed E-state index contributed by atoms with van der Waals surface area (Å²) in [4.78, 5) is 11.3. The van der Waals surface area contributed by atoms with Crippen LogP contribution in [0.5, 0.6) is 0 Å². The van der Waals surface area contributed by atoms with Gasteiger partial charge in [-0.3, -0.25) is 4.79 Å². The van der Waals surface area contributed by atoms with Crippen LogP contribution in [0.2, 0.25) is 5.02 Å². The topological polar surface area (TPSA) is 17.1 Å². The Bertz CT molecular complexity index is 546. The van der Waals surface area contributed by atoms with E-state index in [-0.39, 0.29) is 5.78 Å². The molecule has 86 valence electrons. The molecule has 0 amide bonds. The highest BCUT2D eigenvalue weighted by Crippen LogP contribution is 2.19. The molecule has 0 spiro atoms. The second-order valence-corrected chi connectivity index (χ2v) is 4.43. The van der Waals surface area contributed by atoms with Crippen molar-refractivity contribution in [2.24, 2.45) is 0 Å². The highest BCUT2D eigenvalue weighted by molar-refractivity contribution is 6.31. The lowest BCUT2D eigenvalue weighted by atomic mass is 10.0. The fraction of sp³-hybridized carbons (Fsp3) is 0.133. The summed E-state index contributed by atoms with van der Waals surface area (Å²) in [7, 11) is 0. The monoisotopic (exact) mass is 244 g/mol. The molecule has 0 fully saturated rings. The Labute approximate surface area is 106 Å². The fourth-order valence-corrected chi connectivity index (χ4v) is 1.96. The van der Waals surface area contributed by atoms with Gasteiger partial charge in [-0.1, -0.05) is 48.0 Å². The van der Waals surface area contributed by atoms with Crippen molar-refractivity contribution in [3.63, 3.8) is 0 Å².